The number of amides is 1. The van der Waals surface area contributed by atoms with Crippen LogP contribution in [0.3, 0.4) is 0 Å². The number of thiophene rings is 1. The molecule has 0 saturated heterocycles. The maximum absolute atomic E-state index is 12.4. The summed E-state index contributed by atoms with van der Waals surface area (Å²) in [4.78, 5) is 16.4. The quantitative estimate of drug-likeness (QED) is 0.701. The van der Waals surface area contributed by atoms with E-state index in [9.17, 15) is 4.79 Å². The molecule has 2 heterocycles. The third kappa shape index (κ3) is 2.67. The standard InChI is InChI=1S/C20H14N2O2S/c1-24-16-8-4-14(5-9-16)18-10-17-19(25-18)11-20(23)22(17)15-6-2-13(12-21)3-7-15/h2-10H,11H2,1H3. The van der Waals surface area contributed by atoms with Gasteiger partial charge in [-0.15, -0.1) is 11.3 Å². The molecule has 0 bridgehead atoms. The average Bonchev–Trinajstić information content (AvgIpc) is 3.18. The lowest BCUT2D eigenvalue weighted by Crippen LogP contribution is -2.20. The van der Waals surface area contributed by atoms with E-state index < -0.39 is 0 Å². The van der Waals surface area contributed by atoms with E-state index in [1.807, 2.05) is 36.4 Å². The third-order valence-corrected chi connectivity index (χ3v) is 5.39. The minimum Gasteiger partial charge on any atom is -0.497 e. The van der Waals surface area contributed by atoms with Crippen LogP contribution in [0.1, 0.15) is 10.4 Å². The van der Waals surface area contributed by atoms with Crippen LogP contribution in [0.2, 0.25) is 0 Å². The van der Waals surface area contributed by atoms with Crippen molar-refractivity contribution in [1.29, 1.82) is 5.26 Å². The van der Waals surface area contributed by atoms with Crippen molar-refractivity contribution >= 4 is 28.6 Å². The number of ether oxygens (including phenoxy) is 1. The van der Waals surface area contributed by atoms with Crippen molar-refractivity contribution in [2.75, 3.05) is 12.0 Å². The van der Waals surface area contributed by atoms with E-state index in [0.29, 0.717) is 12.0 Å². The molecular formula is C20H14N2O2S. The lowest BCUT2D eigenvalue weighted by Gasteiger charge is -2.16. The summed E-state index contributed by atoms with van der Waals surface area (Å²) in [6, 6.07) is 19.2. The molecule has 1 aliphatic heterocycles. The first-order chi connectivity index (χ1) is 12.2. The number of methoxy groups -OCH3 is 1. The molecule has 0 N–H and O–H groups in total. The fourth-order valence-corrected chi connectivity index (χ4v) is 4.09. The molecule has 4 nitrogen and oxygen atoms in total. The van der Waals surface area contributed by atoms with Crippen LogP contribution in [-0.2, 0) is 11.2 Å². The summed E-state index contributed by atoms with van der Waals surface area (Å²) >= 11 is 1.64. The maximum atomic E-state index is 12.4. The number of benzene rings is 2. The molecule has 0 spiro atoms. The predicted molar refractivity (Wildman–Crippen MR) is 98.3 cm³/mol. The van der Waals surface area contributed by atoms with Crippen molar-refractivity contribution < 1.29 is 9.53 Å². The molecule has 4 rings (SSSR count). The second-order valence-corrected chi connectivity index (χ2v) is 6.85. The Morgan fingerprint density at radius 1 is 1.12 bits per heavy atom. The molecule has 25 heavy (non-hydrogen) atoms. The van der Waals surface area contributed by atoms with Crippen LogP contribution in [-0.4, -0.2) is 13.0 Å². The van der Waals surface area contributed by atoms with Crippen molar-refractivity contribution in [2.45, 2.75) is 6.42 Å². The second-order valence-electron chi connectivity index (χ2n) is 5.71. The summed E-state index contributed by atoms with van der Waals surface area (Å²) < 4.78 is 5.20. The van der Waals surface area contributed by atoms with E-state index in [4.69, 9.17) is 10.00 Å². The number of hydrogen-bond acceptors (Lipinski definition) is 4. The molecule has 0 saturated carbocycles. The summed E-state index contributed by atoms with van der Waals surface area (Å²) in [6.45, 7) is 0. The molecule has 5 heteroatoms. The summed E-state index contributed by atoms with van der Waals surface area (Å²) in [5, 5.41) is 8.93. The van der Waals surface area contributed by atoms with E-state index in [0.717, 1.165) is 32.4 Å². The van der Waals surface area contributed by atoms with E-state index in [1.165, 1.54) is 0 Å². The average molecular weight is 346 g/mol. The molecule has 3 aromatic rings. The van der Waals surface area contributed by atoms with E-state index >= 15 is 0 Å². The minimum atomic E-state index is 0.0623. The fourth-order valence-electron chi connectivity index (χ4n) is 2.95. The van der Waals surface area contributed by atoms with Crippen molar-refractivity contribution in [3.05, 3.63) is 65.0 Å². The summed E-state index contributed by atoms with van der Waals surface area (Å²) in [5.41, 5.74) is 3.42. The number of nitriles is 1. The molecule has 2 aromatic carbocycles. The first-order valence-electron chi connectivity index (χ1n) is 7.80. The van der Waals surface area contributed by atoms with E-state index in [2.05, 4.69) is 12.1 Å². The van der Waals surface area contributed by atoms with Crippen LogP contribution in [0, 0.1) is 11.3 Å². The highest BCUT2D eigenvalue weighted by Crippen LogP contribution is 2.44. The number of fused-ring (bicyclic) bond motifs is 1. The Hall–Kier alpha value is -3.10. The van der Waals surface area contributed by atoms with Gasteiger partial charge in [-0.25, -0.2) is 0 Å². The molecule has 0 fully saturated rings. The lowest BCUT2D eigenvalue weighted by molar-refractivity contribution is -0.116. The van der Waals surface area contributed by atoms with Crippen LogP contribution < -0.4 is 9.64 Å². The normalized spacial score (nSPS) is 12.8. The van der Waals surface area contributed by atoms with Crippen LogP contribution in [0.25, 0.3) is 10.4 Å². The van der Waals surface area contributed by atoms with Crippen molar-refractivity contribution in [2.24, 2.45) is 0 Å². The molecule has 1 aromatic heterocycles. The van der Waals surface area contributed by atoms with Gasteiger partial charge in [0.1, 0.15) is 5.75 Å². The molecular weight excluding hydrogens is 332 g/mol. The molecule has 1 aliphatic rings. The van der Waals surface area contributed by atoms with Crippen LogP contribution in [0.4, 0.5) is 11.4 Å². The van der Waals surface area contributed by atoms with Crippen molar-refractivity contribution in [3.8, 4) is 22.3 Å². The zero-order valence-electron chi connectivity index (χ0n) is 13.5. The Labute approximate surface area is 149 Å². The smallest absolute Gasteiger partial charge is 0.236 e. The third-order valence-electron chi connectivity index (χ3n) is 4.22. The highest BCUT2D eigenvalue weighted by atomic mass is 32.1. The van der Waals surface area contributed by atoms with Crippen molar-refractivity contribution in [1.82, 2.24) is 0 Å². The van der Waals surface area contributed by atoms with Gasteiger partial charge in [0.2, 0.25) is 5.91 Å². The SMILES string of the molecule is COc1ccc(-c2cc3c(s2)CC(=O)N3c2ccc(C#N)cc2)cc1. The Morgan fingerprint density at radius 2 is 1.84 bits per heavy atom. The topological polar surface area (TPSA) is 53.3 Å². The highest BCUT2D eigenvalue weighted by molar-refractivity contribution is 7.16. The van der Waals surface area contributed by atoms with Crippen LogP contribution >= 0.6 is 11.3 Å². The fraction of sp³-hybridized carbons (Fsp3) is 0.100. The summed E-state index contributed by atoms with van der Waals surface area (Å²) in [6.07, 6.45) is 0.413. The zero-order valence-corrected chi connectivity index (χ0v) is 14.3. The number of carbonyl (C=O) groups is 1. The molecule has 0 aliphatic carbocycles. The number of rotatable bonds is 3. The monoisotopic (exact) mass is 346 g/mol. The summed E-state index contributed by atoms with van der Waals surface area (Å²) in [7, 11) is 1.65. The first-order valence-corrected chi connectivity index (χ1v) is 8.61. The van der Waals surface area contributed by atoms with Gasteiger partial charge in [0, 0.05) is 15.4 Å². The number of nitrogens with zero attached hydrogens (tertiary/aromatic N) is 2. The molecule has 1 amide bonds. The van der Waals surface area contributed by atoms with E-state index in [-0.39, 0.29) is 5.91 Å². The molecule has 0 radical (unpaired) electrons. The van der Waals surface area contributed by atoms with Gasteiger partial charge in [-0.3, -0.25) is 9.69 Å². The van der Waals surface area contributed by atoms with Gasteiger partial charge in [-0.05, 0) is 60.2 Å². The summed E-state index contributed by atoms with van der Waals surface area (Å²) in [5.74, 6) is 0.884. The first kappa shape index (κ1) is 15.4. The van der Waals surface area contributed by atoms with E-state index in [1.54, 1.807) is 35.5 Å². The predicted octanol–water partition coefficient (Wildman–Crippen LogP) is 4.52. The Balaban J connectivity index is 1.70. The van der Waals surface area contributed by atoms with Gasteiger partial charge >= 0.3 is 0 Å². The number of anilines is 2. The van der Waals surface area contributed by atoms with Crippen molar-refractivity contribution in [3.63, 3.8) is 0 Å². The van der Waals surface area contributed by atoms with Gasteiger partial charge in [-0.2, -0.15) is 5.26 Å². The molecule has 0 atom stereocenters. The largest absolute Gasteiger partial charge is 0.497 e. The second kappa shape index (κ2) is 6.08. The van der Waals surface area contributed by atoms with Gasteiger partial charge in [0.05, 0.1) is 30.9 Å². The van der Waals surface area contributed by atoms with Gasteiger partial charge in [0.15, 0.2) is 0 Å². The van der Waals surface area contributed by atoms with Crippen LogP contribution in [0.5, 0.6) is 5.75 Å². The van der Waals surface area contributed by atoms with Gasteiger partial charge in [0.25, 0.3) is 0 Å². The highest BCUT2D eigenvalue weighted by Gasteiger charge is 2.31. The number of hydrogen-bond donors (Lipinski definition) is 0. The number of carbonyl (C=O) groups excluding carboxylic acids is 1. The maximum Gasteiger partial charge on any atom is 0.236 e. The molecule has 122 valence electrons. The minimum absolute atomic E-state index is 0.0623. The Morgan fingerprint density at radius 3 is 2.48 bits per heavy atom. The Bertz CT molecular complexity index is 982. The zero-order chi connectivity index (χ0) is 17.4. The molecule has 0 unspecified atom stereocenters. The van der Waals surface area contributed by atoms with Crippen LogP contribution in [0.15, 0.2) is 54.6 Å². The van der Waals surface area contributed by atoms with Gasteiger partial charge in [-0.1, -0.05) is 0 Å². The Kier molecular flexibility index (Phi) is 3.75. The lowest BCUT2D eigenvalue weighted by atomic mass is 10.1. The van der Waals surface area contributed by atoms with Gasteiger partial charge < -0.3 is 4.74 Å².